The smallest absolute Gasteiger partial charge is 0.226 e. The molecule has 1 aromatic carbocycles. The molecule has 0 N–H and O–H groups in total. The predicted molar refractivity (Wildman–Crippen MR) is 89.6 cm³/mol. The first-order valence-corrected chi connectivity index (χ1v) is 8.08. The Morgan fingerprint density at radius 3 is 2.78 bits per heavy atom. The highest BCUT2D eigenvalue weighted by atomic mass is 16.5. The topological polar surface area (TPSA) is 61.0 Å². The van der Waals surface area contributed by atoms with Crippen molar-refractivity contribution >= 4 is 10.9 Å². The van der Waals surface area contributed by atoms with Gasteiger partial charge in [-0.05, 0) is 38.0 Å². The number of benzene rings is 1. The van der Waals surface area contributed by atoms with Gasteiger partial charge in [0.25, 0.3) is 0 Å². The second-order valence-electron chi connectivity index (χ2n) is 5.59. The van der Waals surface area contributed by atoms with Gasteiger partial charge in [-0.3, -0.25) is 0 Å². The van der Waals surface area contributed by atoms with E-state index in [0.717, 1.165) is 35.7 Å². The molecule has 0 unspecified atom stereocenters. The molecule has 3 aromatic rings. The van der Waals surface area contributed by atoms with Gasteiger partial charge in [-0.2, -0.15) is 4.98 Å². The van der Waals surface area contributed by atoms with E-state index in [0.29, 0.717) is 24.2 Å². The fourth-order valence-electron chi connectivity index (χ4n) is 2.46. The Labute approximate surface area is 135 Å². The minimum absolute atomic E-state index is 0.537. The van der Waals surface area contributed by atoms with Gasteiger partial charge in [-0.1, -0.05) is 30.6 Å². The number of pyridine rings is 1. The molecule has 0 aliphatic carbocycles. The third-order valence-electron chi connectivity index (χ3n) is 3.67. The van der Waals surface area contributed by atoms with Crippen molar-refractivity contribution in [3.05, 3.63) is 35.7 Å². The Morgan fingerprint density at radius 2 is 2.00 bits per heavy atom. The van der Waals surface area contributed by atoms with E-state index >= 15 is 0 Å². The van der Waals surface area contributed by atoms with Crippen LogP contribution >= 0.6 is 0 Å². The van der Waals surface area contributed by atoms with Gasteiger partial charge >= 0.3 is 0 Å². The third kappa shape index (κ3) is 3.33. The molecule has 120 valence electrons. The van der Waals surface area contributed by atoms with Gasteiger partial charge in [0.2, 0.25) is 17.6 Å². The fraction of sp³-hybridized carbons (Fsp3) is 0.389. The lowest BCUT2D eigenvalue weighted by atomic mass is 10.1. The summed E-state index contributed by atoms with van der Waals surface area (Å²) in [5.74, 6) is 1.75. The molecule has 0 aliphatic rings. The second kappa shape index (κ2) is 6.77. The lowest BCUT2D eigenvalue weighted by Crippen LogP contribution is -1.98. The van der Waals surface area contributed by atoms with Crippen molar-refractivity contribution in [2.75, 3.05) is 6.61 Å². The zero-order valence-corrected chi connectivity index (χ0v) is 13.8. The van der Waals surface area contributed by atoms with Crippen molar-refractivity contribution in [1.82, 2.24) is 15.1 Å². The summed E-state index contributed by atoms with van der Waals surface area (Å²) in [5, 5.41) is 5.14. The van der Waals surface area contributed by atoms with Crippen molar-refractivity contribution in [1.29, 1.82) is 0 Å². The first kappa shape index (κ1) is 15.5. The molecule has 5 nitrogen and oxygen atoms in total. The summed E-state index contributed by atoms with van der Waals surface area (Å²) in [6.45, 7) is 6.67. The Bertz CT molecular complexity index is 811. The monoisotopic (exact) mass is 311 g/mol. The minimum atomic E-state index is 0.537. The average Bonchev–Trinajstić information content (AvgIpc) is 3.01. The number of ether oxygens (including phenoxy) is 1. The molecular formula is C18H21N3O2. The summed E-state index contributed by atoms with van der Waals surface area (Å²) in [6, 6.07) is 8.18. The number of hydrogen-bond donors (Lipinski definition) is 0. The van der Waals surface area contributed by atoms with Gasteiger partial charge in [0.1, 0.15) is 0 Å². The van der Waals surface area contributed by atoms with E-state index in [4.69, 9.17) is 9.26 Å². The van der Waals surface area contributed by atoms with Crippen LogP contribution in [0.25, 0.3) is 22.3 Å². The predicted octanol–water partition coefficient (Wildman–Crippen LogP) is 4.33. The molecule has 0 saturated heterocycles. The van der Waals surface area contributed by atoms with Crippen molar-refractivity contribution in [2.24, 2.45) is 0 Å². The highest BCUT2D eigenvalue weighted by Crippen LogP contribution is 2.30. The Balaban J connectivity index is 2.05. The summed E-state index contributed by atoms with van der Waals surface area (Å²) in [6.07, 6.45) is 2.93. The standard InChI is InChI=1S/C18H21N3O2/c1-4-6-7-16-20-17(21-23-16)14-11-13-9-8-12(3)10-15(13)19-18(14)22-5-2/h8-11H,4-7H2,1-3H3. The van der Waals surface area contributed by atoms with Gasteiger partial charge < -0.3 is 9.26 Å². The van der Waals surface area contributed by atoms with Crippen LogP contribution < -0.4 is 4.74 Å². The van der Waals surface area contributed by atoms with E-state index in [9.17, 15) is 0 Å². The van der Waals surface area contributed by atoms with Crippen LogP contribution in [0, 0.1) is 6.92 Å². The zero-order chi connectivity index (χ0) is 16.2. The van der Waals surface area contributed by atoms with Crippen LogP contribution in [0.3, 0.4) is 0 Å². The van der Waals surface area contributed by atoms with E-state index in [1.165, 1.54) is 5.56 Å². The highest BCUT2D eigenvalue weighted by molar-refractivity contribution is 5.85. The molecule has 3 rings (SSSR count). The van der Waals surface area contributed by atoms with E-state index < -0.39 is 0 Å². The summed E-state index contributed by atoms with van der Waals surface area (Å²) < 4.78 is 11.0. The van der Waals surface area contributed by atoms with Crippen LogP contribution in [-0.4, -0.2) is 21.7 Å². The molecular weight excluding hydrogens is 290 g/mol. The van der Waals surface area contributed by atoms with Crippen LogP contribution in [0.1, 0.15) is 38.1 Å². The molecule has 0 amide bonds. The van der Waals surface area contributed by atoms with Crippen molar-refractivity contribution < 1.29 is 9.26 Å². The highest BCUT2D eigenvalue weighted by Gasteiger charge is 2.16. The van der Waals surface area contributed by atoms with E-state index in [1.54, 1.807) is 0 Å². The molecule has 0 spiro atoms. The maximum absolute atomic E-state index is 5.70. The van der Waals surface area contributed by atoms with Crippen molar-refractivity contribution in [3.8, 4) is 17.3 Å². The first-order chi connectivity index (χ1) is 11.2. The van der Waals surface area contributed by atoms with Crippen LogP contribution in [0.5, 0.6) is 5.88 Å². The summed E-state index contributed by atoms with van der Waals surface area (Å²) in [7, 11) is 0. The largest absolute Gasteiger partial charge is 0.477 e. The Morgan fingerprint density at radius 1 is 1.13 bits per heavy atom. The maximum atomic E-state index is 5.70. The molecule has 0 saturated carbocycles. The van der Waals surface area contributed by atoms with Crippen molar-refractivity contribution in [2.45, 2.75) is 40.0 Å². The molecule has 0 fully saturated rings. The number of fused-ring (bicyclic) bond motifs is 1. The van der Waals surface area contributed by atoms with E-state index in [2.05, 4.69) is 41.1 Å². The normalized spacial score (nSPS) is 11.1. The summed E-state index contributed by atoms with van der Waals surface area (Å²) in [4.78, 5) is 9.12. The molecule has 0 bridgehead atoms. The van der Waals surface area contributed by atoms with Crippen LogP contribution in [0.2, 0.25) is 0 Å². The molecule has 5 heteroatoms. The number of unbranched alkanes of at least 4 members (excludes halogenated alkanes) is 1. The fourth-order valence-corrected chi connectivity index (χ4v) is 2.46. The molecule has 2 aromatic heterocycles. The molecule has 0 radical (unpaired) electrons. The SMILES string of the molecule is CCCCc1nc(-c2cc3ccc(C)cc3nc2OCC)no1. The minimum Gasteiger partial charge on any atom is -0.477 e. The van der Waals surface area contributed by atoms with Crippen LogP contribution in [0.4, 0.5) is 0 Å². The Hall–Kier alpha value is -2.43. The number of rotatable bonds is 6. The molecule has 2 heterocycles. The second-order valence-corrected chi connectivity index (χ2v) is 5.59. The van der Waals surface area contributed by atoms with E-state index in [-0.39, 0.29) is 0 Å². The quantitative estimate of drug-likeness (QED) is 0.678. The van der Waals surface area contributed by atoms with Gasteiger partial charge in [0.05, 0.1) is 17.7 Å². The molecule has 23 heavy (non-hydrogen) atoms. The van der Waals surface area contributed by atoms with Crippen molar-refractivity contribution in [3.63, 3.8) is 0 Å². The Kier molecular flexibility index (Phi) is 4.55. The summed E-state index contributed by atoms with van der Waals surface area (Å²) in [5.41, 5.74) is 2.85. The van der Waals surface area contributed by atoms with E-state index in [1.807, 2.05) is 19.1 Å². The van der Waals surface area contributed by atoms with Gasteiger partial charge in [-0.25, -0.2) is 4.98 Å². The number of aromatic nitrogens is 3. The molecule has 0 aliphatic heterocycles. The summed E-state index contributed by atoms with van der Waals surface area (Å²) >= 11 is 0. The zero-order valence-electron chi connectivity index (χ0n) is 13.8. The first-order valence-electron chi connectivity index (χ1n) is 8.08. The average molecular weight is 311 g/mol. The number of hydrogen-bond acceptors (Lipinski definition) is 5. The number of aryl methyl sites for hydroxylation is 2. The van der Waals surface area contributed by atoms with Gasteiger partial charge in [0.15, 0.2) is 0 Å². The third-order valence-corrected chi connectivity index (χ3v) is 3.67. The van der Waals surface area contributed by atoms with Gasteiger partial charge in [0, 0.05) is 11.8 Å². The lowest BCUT2D eigenvalue weighted by Gasteiger charge is -2.08. The van der Waals surface area contributed by atoms with Gasteiger partial charge in [-0.15, -0.1) is 0 Å². The number of nitrogens with zero attached hydrogens (tertiary/aromatic N) is 3. The van der Waals surface area contributed by atoms with Crippen LogP contribution in [-0.2, 0) is 6.42 Å². The lowest BCUT2D eigenvalue weighted by molar-refractivity contribution is 0.329. The molecule has 0 atom stereocenters. The van der Waals surface area contributed by atoms with Crippen LogP contribution in [0.15, 0.2) is 28.8 Å². The maximum Gasteiger partial charge on any atom is 0.226 e.